The Labute approximate surface area is 175 Å². The summed E-state index contributed by atoms with van der Waals surface area (Å²) in [6.07, 6.45) is 7.58. The first-order valence-electron chi connectivity index (χ1n) is 11.2. The van der Waals surface area contributed by atoms with Crippen molar-refractivity contribution in [1.29, 1.82) is 0 Å². The largest absolute Gasteiger partial charge is 0.390 e. The van der Waals surface area contributed by atoms with Crippen LogP contribution in [0.4, 0.5) is 0 Å². The van der Waals surface area contributed by atoms with Crippen molar-refractivity contribution in [3.05, 3.63) is 16.5 Å². The molecule has 2 aromatic heterocycles. The van der Waals surface area contributed by atoms with Crippen molar-refractivity contribution >= 4 is 21.7 Å². The van der Waals surface area contributed by atoms with Crippen molar-refractivity contribution < 1.29 is 10.2 Å². The fourth-order valence-corrected chi connectivity index (χ4v) is 8.27. The second-order valence-corrected chi connectivity index (χ2v) is 11.2. The van der Waals surface area contributed by atoms with Crippen LogP contribution in [-0.2, 0) is 12.0 Å². The minimum atomic E-state index is -0.680. The molecule has 29 heavy (non-hydrogen) atoms. The SMILES string of the molecule is Cc1nc(CN2CC[C@@H](O)[C@H](O)C2)c2nc(C34CC5CC(CC(C5)C3)C4)sc2n1. The topological polar surface area (TPSA) is 82.4 Å². The van der Waals surface area contributed by atoms with Gasteiger partial charge < -0.3 is 10.2 Å². The van der Waals surface area contributed by atoms with Gasteiger partial charge in [-0.05, 0) is 69.6 Å². The number of hydrogen-bond donors (Lipinski definition) is 2. The summed E-state index contributed by atoms with van der Waals surface area (Å²) < 4.78 is 0. The van der Waals surface area contributed by atoms with Crippen LogP contribution in [0.5, 0.6) is 0 Å². The molecule has 156 valence electrons. The van der Waals surface area contributed by atoms with Gasteiger partial charge in [0.1, 0.15) is 21.2 Å². The van der Waals surface area contributed by atoms with E-state index in [4.69, 9.17) is 15.0 Å². The summed E-state index contributed by atoms with van der Waals surface area (Å²) in [6.45, 7) is 3.88. The first-order chi connectivity index (χ1) is 14.0. The molecular weight excluding hydrogens is 384 g/mol. The maximum Gasteiger partial charge on any atom is 0.147 e. The Morgan fingerprint density at radius 3 is 2.34 bits per heavy atom. The van der Waals surface area contributed by atoms with Crippen LogP contribution in [0.25, 0.3) is 10.3 Å². The summed E-state index contributed by atoms with van der Waals surface area (Å²) in [5, 5.41) is 21.2. The highest BCUT2D eigenvalue weighted by atomic mass is 32.1. The monoisotopic (exact) mass is 414 g/mol. The summed E-state index contributed by atoms with van der Waals surface area (Å²) in [4.78, 5) is 17.9. The number of likely N-dealkylation sites (tertiary alicyclic amines) is 1. The van der Waals surface area contributed by atoms with Crippen molar-refractivity contribution in [1.82, 2.24) is 19.9 Å². The second-order valence-electron chi connectivity index (χ2n) is 10.2. The standard InChI is InChI=1S/C22H30N4O2S/c1-12-23-16(10-26-3-2-17(27)18(28)11-26)19-20(24-12)29-21(25-19)22-7-13-4-14(8-22)6-15(5-13)9-22/h13-15,17-18,27-28H,2-11H2,1H3/t13?,14?,15?,17-,18-,22?/m1/s1. The van der Waals surface area contributed by atoms with Crippen LogP contribution >= 0.6 is 11.3 Å². The van der Waals surface area contributed by atoms with Gasteiger partial charge >= 0.3 is 0 Å². The minimum absolute atomic E-state index is 0.288. The lowest BCUT2D eigenvalue weighted by molar-refractivity contribution is -0.0405. The van der Waals surface area contributed by atoms with Gasteiger partial charge in [-0.15, -0.1) is 0 Å². The molecule has 4 aliphatic carbocycles. The van der Waals surface area contributed by atoms with Gasteiger partial charge in [0.15, 0.2) is 0 Å². The highest BCUT2D eigenvalue weighted by Crippen LogP contribution is 2.61. The molecule has 5 fully saturated rings. The first-order valence-corrected chi connectivity index (χ1v) is 12.0. The number of aromatic nitrogens is 3. The summed E-state index contributed by atoms with van der Waals surface area (Å²) in [5.41, 5.74) is 2.23. The van der Waals surface area contributed by atoms with Gasteiger partial charge in [0.05, 0.1) is 17.9 Å². The summed E-state index contributed by atoms with van der Waals surface area (Å²) >= 11 is 1.81. The molecule has 5 aliphatic rings. The van der Waals surface area contributed by atoms with E-state index in [1.807, 2.05) is 6.92 Å². The third-order valence-corrected chi connectivity index (χ3v) is 9.13. The average Bonchev–Trinajstić information content (AvgIpc) is 3.09. The number of fused-ring (bicyclic) bond motifs is 1. The molecule has 7 rings (SSSR count). The smallest absolute Gasteiger partial charge is 0.147 e. The van der Waals surface area contributed by atoms with Crippen LogP contribution in [0.15, 0.2) is 0 Å². The third-order valence-electron chi connectivity index (χ3n) is 7.94. The lowest BCUT2D eigenvalue weighted by Gasteiger charge is -2.56. The first kappa shape index (κ1) is 18.6. The molecule has 2 N–H and O–H groups in total. The van der Waals surface area contributed by atoms with Gasteiger partial charge in [0.2, 0.25) is 0 Å². The van der Waals surface area contributed by atoms with Crippen molar-refractivity contribution in [2.24, 2.45) is 17.8 Å². The van der Waals surface area contributed by atoms with Crippen LogP contribution in [0, 0.1) is 24.7 Å². The molecule has 0 spiro atoms. The molecule has 2 atom stereocenters. The Morgan fingerprint density at radius 2 is 1.69 bits per heavy atom. The fraction of sp³-hybridized carbons (Fsp3) is 0.773. The predicted octanol–water partition coefficient (Wildman–Crippen LogP) is 2.79. The Balaban J connectivity index is 1.34. The normalized spacial score (nSPS) is 39.5. The summed E-state index contributed by atoms with van der Waals surface area (Å²) in [7, 11) is 0. The molecule has 0 unspecified atom stereocenters. The van der Waals surface area contributed by atoms with Gasteiger partial charge in [0.25, 0.3) is 0 Å². The van der Waals surface area contributed by atoms with E-state index in [0.717, 1.165) is 46.2 Å². The molecule has 0 amide bonds. The predicted molar refractivity (Wildman–Crippen MR) is 112 cm³/mol. The zero-order valence-electron chi connectivity index (χ0n) is 17.0. The van der Waals surface area contributed by atoms with Gasteiger partial charge in [-0.1, -0.05) is 11.3 Å². The lowest BCUT2D eigenvalue weighted by Crippen LogP contribution is -2.48. The molecule has 6 nitrogen and oxygen atoms in total. The van der Waals surface area contributed by atoms with E-state index in [2.05, 4.69) is 4.90 Å². The van der Waals surface area contributed by atoms with Crippen LogP contribution in [0.3, 0.4) is 0 Å². The highest BCUT2D eigenvalue weighted by molar-refractivity contribution is 7.18. The Bertz CT molecular complexity index is 909. The number of piperidine rings is 1. The minimum Gasteiger partial charge on any atom is -0.390 e. The van der Waals surface area contributed by atoms with Crippen LogP contribution in [-0.4, -0.2) is 55.4 Å². The van der Waals surface area contributed by atoms with E-state index in [-0.39, 0.29) is 5.41 Å². The number of aliphatic hydroxyl groups excluding tert-OH is 2. The van der Waals surface area contributed by atoms with Gasteiger partial charge in [-0.2, -0.15) is 0 Å². The maximum absolute atomic E-state index is 10.1. The second kappa shape index (κ2) is 6.67. The number of aryl methyl sites for hydroxylation is 1. The van der Waals surface area contributed by atoms with Crippen LogP contribution in [0.1, 0.15) is 61.5 Å². The summed E-state index contributed by atoms with van der Waals surface area (Å²) in [6, 6.07) is 0. The van der Waals surface area contributed by atoms with E-state index >= 15 is 0 Å². The molecule has 4 bridgehead atoms. The number of aliphatic hydroxyl groups is 2. The quantitative estimate of drug-likeness (QED) is 0.804. The van der Waals surface area contributed by atoms with Gasteiger partial charge in [-0.3, -0.25) is 4.90 Å². The molecule has 0 radical (unpaired) electrons. The van der Waals surface area contributed by atoms with Crippen LogP contribution < -0.4 is 0 Å². The number of nitrogens with zero attached hydrogens (tertiary/aromatic N) is 4. The highest BCUT2D eigenvalue weighted by Gasteiger charge is 2.53. The number of rotatable bonds is 3. The van der Waals surface area contributed by atoms with Crippen molar-refractivity contribution in [2.45, 2.75) is 76.0 Å². The molecule has 4 saturated carbocycles. The molecule has 7 heteroatoms. The van der Waals surface area contributed by atoms with E-state index < -0.39 is 12.2 Å². The van der Waals surface area contributed by atoms with Crippen molar-refractivity contribution in [3.63, 3.8) is 0 Å². The molecule has 0 aromatic carbocycles. The van der Waals surface area contributed by atoms with E-state index in [0.29, 0.717) is 19.5 Å². The van der Waals surface area contributed by atoms with Gasteiger partial charge in [0, 0.05) is 25.0 Å². The van der Waals surface area contributed by atoms with E-state index in [1.165, 1.54) is 43.5 Å². The number of thiazole rings is 1. The zero-order valence-corrected chi connectivity index (χ0v) is 17.9. The van der Waals surface area contributed by atoms with Crippen LogP contribution in [0.2, 0.25) is 0 Å². The molecule has 3 heterocycles. The van der Waals surface area contributed by atoms with E-state index in [1.54, 1.807) is 11.3 Å². The van der Waals surface area contributed by atoms with Gasteiger partial charge in [-0.25, -0.2) is 15.0 Å². The third kappa shape index (κ3) is 3.12. The average molecular weight is 415 g/mol. The molecule has 2 aromatic rings. The maximum atomic E-state index is 10.1. The van der Waals surface area contributed by atoms with E-state index in [9.17, 15) is 10.2 Å². The molecular formula is C22H30N4O2S. The lowest BCUT2D eigenvalue weighted by atomic mass is 9.50. The Morgan fingerprint density at radius 1 is 1.00 bits per heavy atom. The zero-order chi connectivity index (χ0) is 19.8. The molecule has 1 saturated heterocycles. The number of hydrogen-bond acceptors (Lipinski definition) is 7. The summed E-state index contributed by atoms with van der Waals surface area (Å²) in [5.74, 6) is 3.51. The van der Waals surface area contributed by atoms with Crippen molar-refractivity contribution in [2.75, 3.05) is 13.1 Å². The van der Waals surface area contributed by atoms with Crippen molar-refractivity contribution in [3.8, 4) is 0 Å². The number of β-amino-alcohol motifs (C(OH)–C–C–N with tert-alkyl or cyclic N) is 1. The molecule has 1 aliphatic heterocycles. The Hall–Kier alpha value is -1.15. The Kier molecular flexibility index (Phi) is 4.28. The fourth-order valence-electron chi connectivity index (χ4n) is 7.05.